The monoisotopic (exact) mass is 382 g/mol. The second-order valence-electron chi connectivity index (χ2n) is 6.76. The van der Waals surface area contributed by atoms with E-state index in [1.54, 1.807) is 18.2 Å². The number of hydrogen-bond acceptors (Lipinski definition) is 2. The molecule has 0 saturated carbocycles. The smallest absolute Gasteiger partial charge is 0.244 e. The number of piperidine rings is 1. The molecule has 1 N–H and O–H groups in total. The number of carbonyl (C=O) groups excluding carboxylic acids is 2. The van der Waals surface area contributed by atoms with E-state index < -0.39 is 5.54 Å². The fourth-order valence-corrected chi connectivity index (χ4v) is 3.55. The van der Waals surface area contributed by atoms with Crippen molar-refractivity contribution in [3.63, 3.8) is 0 Å². The minimum Gasteiger partial charge on any atom is -0.343 e. The summed E-state index contributed by atoms with van der Waals surface area (Å²) < 4.78 is 0. The van der Waals surface area contributed by atoms with Gasteiger partial charge >= 0.3 is 0 Å². The van der Waals surface area contributed by atoms with Crippen molar-refractivity contribution in [1.29, 1.82) is 0 Å². The standard InChI is InChI=1S/C19H24Cl2N2O2/c1-4-17(24)22-19(3,14-8-9-15(20)16(21)11-14)12-18(25)23-10-6-5-7-13(23)2/h4,8-9,11,13H,1,5-7,10,12H2,2-3H3,(H,22,24)/t13-,19+/m1/s1. The number of rotatable bonds is 5. The molecule has 0 radical (unpaired) electrons. The quantitative estimate of drug-likeness (QED) is 0.771. The average Bonchev–Trinajstić information content (AvgIpc) is 2.57. The average molecular weight is 383 g/mol. The molecule has 2 amide bonds. The highest BCUT2D eigenvalue weighted by Gasteiger charge is 2.34. The summed E-state index contributed by atoms with van der Waals surface area (Å²) in [5.74, 6) is -0.321. The molecule has 1 heterocycles. The molecule has 1 aliphatic heterocycles. The van der Waals surface area contributed by atoms with Crippen LogP contribution in [0.4, 0.5) is 0 Å². The zero-order valence-electron chi connectivity index (χ0n) is 14.6. The van der Waals surface area contributed by atoms with Gasteiger partial charge in [-0.3, -0.25) is 9.59 Å². The maximum atomic E-state index is 12.9. The minimum absolute atomic E-state index is 0.0186. The molecule has 2 atom stereocenters. The van der Waals surface area contributed by atoms with Crippen molar-refractivity contribution in [2.45, 2.75) is 51.1 Å². The number of nitrogens with zero attached hydrogens (tertiary/aromatic N) is 1. The van der Waals surface area contributed by atoms with Gasteiger partial charge in [0.1, 0.15) is 0 Å². The van der Waals surface area contributed by atoms with E-state index >= 15 is 0 Å². The van der Waals surface area contributed by atoms with Gasteiger partial charge in [-0.25, -0.2) is 0 Å². The highest BCUT2D eigenvalue weighted by molar-refractivity contribution is 6.42. The van der Waals surface area contributed by atoms with Gasteiger partial charge in [0.15, 0.2) is 0 Å². The van der Waals surface area contributed by atoms with Crippen LogP contribution in [0, 0.1) is 0 Å². The summed E-state index contributed by atoms with van der Waals surface area (Å²) >= 11 is 12.1. The SMILES string of the molecule is C=CC(=O)N[C@@](C)(CC(=O)N1CCCC[C@H]1C)c1ccc(Cl)c(Cl)c1. The maximum Gasteiger partial charge on any atom is 0.244 e. The first kappa shape index (κ1) is 19.8. The predicted molar refractivity (Wildman–Crippen MR) is 102 cm³/mol. The van der Waals surface area contributed by atoms with Crippen LogP contribution in [0.5, 0.6) is 0 Å². The van der Waals surface area contributed by atoms with Crippen LogP contribution in [-0.2, 0) is 15.1 Å². The summed E-state index contributed by atoms with van der Waals surface area (Å²) in [5.41, 5.74) is -0.164. The van der Waals surface area contributed by atoms with Gasteiger partial charge in [0.2, 0.25) is 11.8 Å². The third-order valence-corrected chi connectivity index (χ3v) is 5.51. The van der Waals surface area contributed by atoms with Crippen LogP contribution in [0.15, 0.2) is 30.9 Å². The van der Waals surface area contributed by atoms with Gasteiger partial charge in [-0.15, -0.1) is 0 Å². The summed E-state index contributed by atoms with van der Waals surface area (Å²) in [6.07, 6.45) is 4.51. The Morgan fingerprint density at radius 2 is 2.08 bits per heavy atom. The molecule has 25 heavy (non-hydrogen) atoms. The number of nitrogens with one attached hydrogen (secondary N) is 1. The highest BCUT2D eigenvalue weighted by Crippen LogP contribution is 2.32. The second-order valence-corrected chi connectivity index (χ2v) is 7.58. The summed E-state index contributed by atoms with van der Waals surface area (Å²) in [5, 5.41) is 3.70. The van der Waals surface area contributed by atoms with E-state index in [2.05, 4.69) is 18.8 Å². The highest BCUT2D eigenvalue weighted by atomic mass is 35.5. The Labute approximate surface area is 159 Å². The number of benzene rings is 1. The molecule has 4 nitrogen and oxygen atoms in total. The lowest BCUT2D eigenvalue weighted by atomic mass is 9.87. The van der Waals surface area contributed by atoms with Crippen LogP contribution in [0.3, 0.4) is 0 Å². The van der Waals surface area contributed by atoms with Crippen LogP contribution in [-0.4, -0.2) is 29.3 Å². The van der Waals surface area contributed by atoms with Gasteiger partial charge in [-0.05, 0) is 56.9 Å². The zero-order valence-corrected chi connectivity index (χ0v) is 16.2. The molecule has 1 aliphatic rings. The molecular weight excluding hydrogens is 359 g/mol. The Hall–Kier alpha value is -1.52. The van der Waals surface area contributed by atoms with Crippen molar-refractivity contribution < 1.29 is 9.59 Å². The van der Waals surface area contributed by atoms with Crippen molar-refractivity contribution in [2.24, 2.45) is 0 Å². The minimum atomic E-state index is -0.895. The summed E-state index contributed by atoms with van der Waals surface area (Å²) in [4.78, 5) is 26.8. The zero-order chi connectivity index (χ0) is 18.6. The van der Waals surface area contributed by atoms with E-state index in [0.29, 0.717) is 10.0 Å². The molecule has 1 saturated heterocycles. The number of hydrogen-bond donors (Lipinski definition) is 1. The fourth-order valence-electron chi connectivity index (χ4n) is 3.25. The summed E-state index contributed by atoms with van der Waals surface area (Å²) in [7, 11) is 0. The van der Waals surface area contributed by atoms with Crippen molar-refractivity contribution in [3.8, 4) is 0 Å². The van der Waals surface area contributed by atoms with E-state index in [0.717, 1.165) is 31.4 Å². The van der Waals surface area contributed by atoms with Gasteiger partial charge in [-0.2, -0.15) is 0 Å². The Morgan fingerprint density at radius 1 is 1.36 bits per heavy atom. The van der Waals surface area contributed by atoms with E-state index in [-0.39, 0.29) is 24.3 Å². The summed E-state index contributed by atoms with van der Waals surface area (Å²) in [6.45, 7) is 8.14. The van der Waals surface area contributed by atoms with Crippen LogP contribution >= 0.6 is 23.2 Å². The van der Waals surface area contributed by atoms with Gasteiger partial charge in [-0.1, -0.05) is 35.8 Å². The maximum absolute atomic E-state index is 12.9. The number of amides is 2. The van der Waals surface area contributed by atoms with Crippen molar-refractivity contribution in [2.75, 3.05) is 6.54 Å². The normalized spacial score (nSPS) is 19.8. The Bertz CT molecular complexity index is 677. The number of halogens is 2. The van der Waals surface area contributed by atoms with Crippen LogP contribution < -0.4 is 5.32 Å². The molecule has 2 rings (SSSR count). The van der Waals surface area contributed by atoms with Gasteiger partial charge in [0.25, 0.3) is 0 Å². The third kappa shape index (κ3) is 4.77. The largest absolute Gasteiger partial charge is 0.343 e. The van der Waals surface area contributed by atoms with E-state index in [1.807, 2.05) is 11.8 Å². The Balaban J connectivity index is 2.30. The predicted octanol–water partition coefficient (Wildman–Crippen LogP) is 4.30. The Kier molecular flexibility index (Phi) is 6.53. The third-order valence-electron chi connectivity index (χ3n) is 4.77. The lowest BCUT2D eigenvalue weighted by Crippen LogP contribution is -2.49. The van der Waals surface area contributed by atoms with Crippen LogP contribution in [0.25, 0.3) is 0 Å². The molecule has 1 aromatic carbocycles. The molecule has 1 aromatic rings. The number of likely N-dealkylation sites (tertiary alicyclic amines) is 1. The first-order valence-corrected chi connectivity index (χ1v) is 9.22. The van der Waals surface area contributed by atoms with Gasteiger partial charge in [0, 0.05) is 12.6 Å². The van der Waals surface area contributed by atoms with Gasteiger partial charge < -0.3 is 10.2 Å². The summed E-state index contributed by atoms with van der Waals surface area (Å²) in [6, 6.07) is 5.37. The fraction of sp³-hybridized carbons (Fsp3) is 0.474. The second kappa shape index (κ2) is 8.24. The van der Waals surface area contributed by atoms with Crippen molar-refractivity contribution in [1.82, 2.24) is 10.2 Å². The molecule has 0 unspecified atom stereocenters. The molecule has 0 bridgehead atoms. The molecule has 0 spiro atoms. The van der Waals surface area contributed by atoms with Crippen LogP contribution in [0.1, 0.15) is 45.1 Å². The Morgan fingerprint density at radius 3 is 2.68 bits per heavy atom. The topological polar surface area (TPSA) is 49.4 Å². The first-order valence-electron chi connectivity index (χ1n) is 8.46. The molecule has 136 valence electrons. The lowest BCUT2D eigenvalue weighted by Gasteiger charge is -2.37. The molecular formula is C19H24Cl2N2O2. The van der Waals surface area contributed by atoms with Crippen molar-refractivity contribution in [3.05, 3.63) is 46.5 Å². The first-order chi connectivity index (χ1) is 11.8. The van der Waals surface area contributed by atoms with E-state index in [1.165, 1.54) is 6.08 Å². The van der Waals surface area contributed by atoms with Crippen molar-refractivity contribution >= 4 is 35.0 Å². The molecule has 6 heteroatoms. The molecule has 0 aliphatic carbocycles. The van der Waals surface area contributed by atoms with Gasteiger partial charge in [0.05, 0.1) is 22.0 Å². The molecule has 0 aromatic heterocycles. The molecule has 1 fully saturated rings. The lowest BCUT2D eigenvalue weighted by molar-refractivity contribution is -0.136. The van der Waals surface area contributed by atoms with E-state index in [9.17, 15) is 9.59 Å². The van der Waals surface area contributed by atoms with Crippen LogP contribution in [0.2, 0.25) is 10.0 Å². The number of carbonyl (C=O) groups is 2. The van der Waals surface area contributed by atoms with E-state index in [4.69, 9.17) is 23.2 Å².